The fraction of sp³-hybridized carbons (Fsp3) is 0.375. The van der Waals surface area contributed by atoms with Gasteiger partial charge < -0.3 is 14.7 Å². The van der Waals surface area contributed by atoms with Crippen molar-refractivity contribution in [3.63, 3.8) is 0 Å². The molecule has 1 fully saturated rings. The maximum absolute atomic E-state index is 13.5. The Morgan fingerprint density at radius 1 is 1.43 bits per heavy atom. The summed E-state index contributed by atoms with van der Waals surface area (Å²) in [6, 6.07) is 3.27. The van der Waals surface area contributed by atoms with E-state index in [4.69, 9.17) is 4.74 Å². The van der Waals surface area contributed by atoms with Gasteiger partial charge >= 0.3 is 0 Å². The molecule has 3 rings (SSSR count). The Morgan fingerprint density at radius 3 is 2.87 bits per heavy atom. The number of aliphatic hydroxyl groups is 1. The second kappa shape index (κ2) is 6.45. The lowest BCUT2D eigenvalue weighted by atomic mass is 10.1. The number of alkyl halides is 1. The maximum atomic E-state index is 13.5. The van der Waals surface area contributed by atoms with Crippen molar-refractivity contribution < 1.29 is 23.4 Å². The Kier molecular flexibility index (Phi) is 4.38. The Hall–Kier alpha value is -2.28. The summed E-state index contributed by atoms with van der Waals surface area (Å²) < 4.78 is 31.8. The number of aromatic nitrogens is 1. The van der Waals surface area contributed by atoms with Crippen molar-refractivity contribution in [3.8, 4) is 5.88 Å². The van der Waals surface area contributed by atoms with Crippen LogP contribution in [-0.2, 0) is 11.3 Å². The van der Waals surface area contributed by atoms with Crippen LogP contribution in [0, 0.1) is 0 Å². The Morgan fingerprint density at radius 2 is 2.26 bits per heavy atom. The molecule has 122 valence electrons. The maximum Gasteiger partial charge on any atom is 0.225 e. The Balaban J connectivity index is 1.62. The molecule has 5 nitrogen and oxygen atoms in total. The summed E-state index contributed by atoms with van der Waals surface area (Å²) in [5.41, 5.74) is 0.775. The predicted molar refractivity (Wildman–Crippen MR) is 77.7 cm³/mol. The highest BCUT2D eigenvalue weighted by atomic mass is 19.1. The highest BCUT2D eigenvalue weighted by Gasteiger charge is 2.27. The van der Waals surface area contributed by atoms with Crippen LogP contribution in [0.1, 0.15) is 18.4 Å². The molecule has 7 heteroatoms. The summed E-state index contributed by atoms with van der Waals surface area (Å²) in [5, 5.41) is 9.45. The molecular weight excluding hydrogens is 306 g/mol. The molecule has 1 N–H and O–H groups in total. The van der Waals surface area contributed by atoms with Crippen LogP contribution in [0.5, 0.6) is 5.88 Å². The molecule has 0 aromatic carbocycles. The van der Waals surface area contributed by atoms with Crippen molar-refractivity contribution in [2.45, 2.75) is 31.7 Å². The van der Waals surface area contributed by atoms with Crippen LogP contribution in [0.2, 0.25) is 0 Å². The van der Waals surface area contributed by atoms with Gasteiger partial charge in [-0.05, 0) is 17.7 Å². The van der Waals surface area contributed by atoms with Crippen molar-refractivity contribution >= 4 is 5.91 Å². The van der Waals surface area contributed by atoms with Gasteiger partial charge in [-0.3, -0.25) is 4.79 Å². The monoisotopic (exact) mass is 322 g/mol. The Labute approximate surface area is 131 Å². The summed E-state index contributed by atoms with van der Waals surface area (Å²) in [7, 11) is 0. The highest BCUT2D eigenvalue weighted by Crippen LogP contribution is 2.24. The van der Waals surface area contributed by atoms with Crippen molar-refractivity contribution in [1.29, 1.82) is 0 Å². The van der Waals surface area contributed by atoms with Crippen LogP contribution in [0.15, 0.2) is 42.1 Å². The third-order valence-corrected chi connectivity index (χ3v) is 3.67. The van der Waals surface area contributed by atoms with Gasteiger partial charge in [0.05, 0.1) is 12.5 Å². The molecule has 0 spiro atoms. The van der Waals surface area contributed by atoms with Crippen molar-refractivity contribution in [2.75, 3.05) is 6.54 Å². The number of nitrogens with zero attached hydrogens (tertiary/aromatic N) is 2. The number of amides is 1. The van der Waals surface area contributed by atoms with E-state index in [-0.39, 0.29) is 30.4 Å². The zero-order valence-electron chi connectivity index (χ0n) is 12.3. The fourth-order valence-corrected chi connectivity index (χ4v) is 2.52. The van der Waals surface area contributed by atoms with Crippen molar-refractivity contribution in [3.05, 3.63) is 47.6 Å². The number of hydrogen-bond donors (Lipinski definition) is 1. The molecule has 2 heterocycles. The largest absolute Gasteiger partial charge is 0.436 e. The standard InChI is InChI=1S/C16H16F2N2O3/c17-11-2-3-14(13(18)5-11)23-15-4-1-10(7-19-15)8-20-9-12(21)6-16(20)22/h1,3-5,7,11-12,21H,2,6,8-9H2/t11?,12-/m0/s1. The molecule has 0 bridgehead atoms. The van der Waals surface area contributed by atoms with E-state index in [1.165, 1.54) is 12.3 Å². The number of halogens is 2. The lowest BCUT2D eigenvalue weighted by Gasteiger charge is -2.16. The fourth-order valence-electron chi connectivity index (χ4n) is 2.52. The zero-order valence-corrected chi connectivity index (χ0v) is 12.3. The number of carbonyl (C=O) groups is 1. The minimum atomic E-state index is -1.33. The molecule has 1 saturated heterocycles. The first kappa shape index (κ1) is 15.6. The lowest BCUT2D eigenvalue weighted by Crippen LogP contribution is -2.25. The first-order chi connectivity index (χ1) is 11.0. The highest BCUT2D eigenvalue weighted by molar-refractivity contribution is 5.78. The van der Waals surface area contributed by atoms with E-state index < -0.39 is 18.1 Å². The first-order valence-electron chi connectivity index (χ1n) is 7.32. The number of hydrogen-bond acceptors (Lipinski definition) is 4. The summed E-state index contributed by atoms with van der Waals surface area (Å²) in [6.45, 7) is 0.661. The first-order valence-corrected chi connectivity index (χ1v) is 7.32. The number of pyridine rings is 1. The number of β-amino-alcohol motifs (C(OH)–C–C–N with tert-alkyl or cyclic N) is 1. The normalized spacial score (nSPS) is 24.5. The van der Waals surface area contributed by atoms with Crippen LogP contribution < -0.4 is 4.74 Å². The topological polar surface area (TPSA) is 62.7 Å². The van der Waals surface area contributed by atoms with Gasteiger partial charge in [-0.1, -0.05) is 6.07 Å². The summed E-state index contributed by atoms with van der Waals surface area (Å²) in [4.78, 5) is 17.2. The number of aliphatic hydroxyl groups excluding tert-OH is 1. The molecule has 1 unspecified atom stereocenters. The van der Waals surface area contributed by atoms with Gasteiger partial charge in [0.25, 0.3) is 0 Å². The molecule has 1 amide bonds. The number of rotatable bonds is 4. The summed E-state index contributed by atoms with van der Waals surface area (Å²) in [5.74, 6) is -0.699. The molecule has 0 saturated carbocycles. The van der Waals surface area contributed by atoms with Gasteiger partial charge in [0.15, 0.2) is 11.6 Å². The van der Waals surface area contributed by atoms with E-state index in [2.05, 4.69) is 4.98 Å². The van der Waals surface area contributed by atoms with Gasteiger partial charge in [-0.2, -0.15) is 0 Å². The minimum absolute atomic E-state index is 0.0445. The van der Waals surface area contributed by atoms with Gasteiger partial charge in [-0.25, -0.2) is 13.8 Å². The van der Waals surface area contributed by atoms with E-state index in [9.17, 15) is 18.7 Å². The Bertz CT molecular complexity index is 658. The lowest BCUT2D eigenvalue weighted by molar-refractivity contribution is -0.128. The van der Waals surface area contributed by atoms with E-state index in [1.54, 1.807) is 17.0 Å². The number of ether oxygens (including phenoxy) is 1. The predicted octanol–water partition coefficient (Wildman–Crippen LogP) is 2.03. The van der Waals surface area contributed by atoms with Crippen molar-refractivity contribution in [2.24, 2.45) is 0 Å². The minimum Gasteiger partial charge on any atom is -0.436 e. The number of carbonyl (C=O) groups excluding carboxylic acids is 1. The third kappa shape index (κ3) is 3.73. The smallest absolute Gasteiger partial charge is 0.225 e. The molecule has 1 aliphatic heterocycles. The van der Waals surface area contributed by atoms with Gasteiger partial charge in [-0.15, -0.1) is 0 Å². The van der Waals surface area contributed by atoms with Crippen LogP contribution in [-0.4, -0.2) is 39.7 Å². The zero-order chi connectivity index (χ0) is 16.4. The SMILES string of the molecule is O=C1C[C@H](O)CN1Cc1ccc(OC2=CCC(F)C=C2F)nc1. The molecule has 23 heavy (non-hydrogen) atoms. The summed E-state index contributed by atoms with van der Waals surface area (Å²) in [6.07, 6.45) is 2.00. The number of likely N-dealkylation sites (tertiary alicyclic amines) is 1. The van der Waals surface area contributed by atoms with E-state index in [0.717, 1.165) is 11.6 Å². The van der Waals surface area contributed by atoms with Gasteiger partial charge in [0, 0.05) is 31.8 Å². The van der Waals surface area contributed by atoms with Gasteiger partial charge in [0.2, 0.25) is 11.8 Å². The van der Waals surface area contributed by atoms with Gasteiger partial charge in [0.1, 0.15) is 6.17 Å². The second-order valence-electron chi connectivity index (χ2n) is 5.57. The van der Waals surface area contributed by atoms with E-state index in [1.807, 2.05) is 0 Å². The van der Waals surface area contributed by atoms with Crippen LogP contribution in [0.25, 0.3) is 0 Å². The number of allylic oxidation sites excluding steroid dienone is 3. The van der Waals surface area contributed by atoms with Crippen LogP contribution >= 0.6 is 0 Å². The quantitative estimate of drug-likeness (QED) is 0.921. The molecule has 1 aromatic heterocycles. The second-order valence-corrected chi connectivity index (χ2v) is 5.57. The third-order valence-electron chi connectivity index (χ3n) is 3.67. The van der Waals surface area contributed by atoms with E-state index in [0.29, 0.717) is 13.1 Å². The van der Waals surface area contributed by atoms with Crippen molar-refractivity contribution in [1.82, 2.24) is 9.88 Å². The molecule has 1 aliphatic carbocycles. The molecular formula is C16H16F2N2O3. The molecule has 2 atom stereocenters. The summed E-state index contributed by atoms with van der Waals surface area (Å²) >= 11 is 0. The van der Waals surface area contributed by atoms with E-state index >= 15 is 0 Å². The molecule has 1 aromatic rings. The van der Waals surface area contributed by atoms with Crippen LogP contribution in [0.4, 0.5) is 8.78 Å². The molecule has 2 aliphatic rings. The molecule has 0 radical (unpaired) electrons. The average molecular weight is 322 g/mol. The van der Waals surface area contributed by atoms with Crippen LogP contribution in [0.3, 0.4) is 0 Å². The average Bonchev–Trinajstić information content (AvgIpc) is 2.82.